The van der Waals surface area contributed by atoms with Crippen LogP contribution in [0.5, 0.6) is 0 Å². The minimum atomic E-state index is 0.0996. The van der Waals surface area contributed by atoms with Crippen molar-refractivity contribution in [3.63, 3.8) is 0 Å². The highest BCUT2D eigenvalue weighted by Gasteiger charge is 2.34. The van der Waals surface area contributed by atoms with Crippen molar-refractivity contribution in [2.24, 2.45) is 23.7 Å². The summed E-state index contributed by atoms with van der Waals surface area (Å²) >= 11 is 0. The van der Waals surface area contributed by atoms with Gasteiger partial charge in [0.15, 0.2) is 0 Å². The van der Waals surface area contributed by atoms with E-state index >= 15 is 0 Å². The van der Waals surface area contributed by atoms with Gasteiger partial charge in [-0.1, -0.05) is 39.7 Å². The molecule has 172 valence electrons. The maximum absolute atomic E-state index is 12.9. The van der Waals surface area contributed by atoms with Crippen molar-refractivity contribution in [2.75, 3.05) is 33.2 Å². The molecule has 1 aliphatic carbocycles. The first-order valence-electron chi connectivity index (χ1n) is 12.7. The molecule has 2 aliphatic heterocycles. The molecule has 31 heavy (non-hydrogen) atoms. The number of amides is 1. The summed E-state index contributed by atoms with van der Waals surface area (Å²) in [5.41, 5.74) is 3.66. The Hall–Kier alpha value is -1.39. The molecule has 0 aromatic heterocycles. The minimum Gasteiger partial charge on any atom is -0.352 e. The van der Waals surface area contributed by atoms with Crippen molar-refractivity contribution < 1.29 is 4.79 Å². The number of carbonyl (C=O) groups excluding carboxylic acids is 1. The molecule has 1 saturated carbocycles. The first kappa shape index (κ1) is 22.8. The first-order chi connectivity index (χ1) is 14.9. The van der Waals surface area contributed by atoms with E-state index in [2.05, 4.69) is 61.1 Å². The molecule has 1 atom stereocenters. The van der Waals surface area contributed by atoms with Crippen molar-refractivity contribution in [1.29, 1.82) is 0 Å². The van der Waals surface area contributed by atoms with Crippen molar-refractivity contribution in [2.45, 2.75) is 71.9 Å². The Balaban J connectivity index is 1.38. The van der Waals surface area contributed by atoms with Crippen LogP contribution < -0.4 is 5.32 Å². The van der Waals surface area contributed by atoms with Crippen LogP contribution in [0, 0.1) is 23.7 Å². The van der Waals surface area contributed by atoms with E-state index in [1.807, 2.05) is 0 Å². The molecule has 4 rings (SSSR count). The van der Waals surface area contributed by atoms with Gasteiger partial charge in [0.1, 0.15) is 0 Å². The molecular formula is C27H43N3O. The molecule has 2 fully saturated rings. The predicted molar refractivity (Wildman–Crippen MR) is 128 cm³/mol. The van der Waals surface area contributed by atoms with E-state index in [9.17, 15) is 4.79 Å². The Labute approximate surface area is 189 Å². The van der Waals surface area contributed by atoms with Gasteiger partial charge < -0.3 is 10.2 Å². The standard InChI is InChI=1S/C27H43N3O/c1-19(2)26-25-10-9-23(27(31)28-16-21-11-13-29(4)14-12-21)15-24(25)18-30(26)17-22-7-5-20(3)6-8-22/h9-10,15,19-22,26H,5-8,11-14,16-18H2,1-4H3,(H,28,31)/t20?,22?,26-/m1/s1. The first-order valence-corrected chi connectivity index (χ1v) is 12.7. The molecule has 0 spiro atoms. The van der Waals surface area contributed by atoms with Crippen LogP contribution >= 0.6 is 0 Å². The Kier molecular flexibility index (Phi) is 7.38. The van der Waals surface area contributed by atoms with Crippen molar-refractivity contribution >= 4 is 5.91 Å². The summed E-state index contributed by atoms with van der Waals surface area (Å²) in [6, 6.07) is 6.97. The van der Waals surface area contributed by atoms with E-state index in [-0.39, 0.29) is 5.91 Å². The zero-order valence-electron chi connectivity index (χ0n) is 20.2. The van der Waals surface area contributed by atoms with Gasteiger partial charge in [0, 0.05) is 31.2 Å². The van der Waals surface area contributed by atoms with Gasteiger partial charge in [-0.15, -0.1) is 0 Å². The van der Waals surface area contributed by atoms with Crippen LogP contribution in [-0.2, 0) is 6.54 Å². The van der Waals surface area contributed by atoms with Gasteiger partial charge in [-0.25, -0.2) is 0 Å². The number of hydrogen-bond acceptors (Lipinski definition) is 3. The lowest BCUT2D eigenvalue weighted by molar-refractivity contribution is 0.0939. The maximum atomic E-state index is 12.9. The summed E-state index contributed by atoms with van der Waals surface area (Å²) in [5.74, 6) is 3.05. The van der Waals surface area contributed by atoms with Gasteiger partial charge >= 0.3 is 0 Å². The molecule has 4 heteroatoms. The number of carbonyl (C=O) groups is 1. The molecule has 0 radical (unpaired) electrons. The highest BCUT2D eigenvalue weighted by Crippen LogP contribution is 2.41. The van der Waals surface area contributed by atoms with Gasteiger partial charge in [0.05, 0.1) is 0 Å². The SMILES string of the molecule is CC1CCC(CN2Cc3cc(C(=O)NCC4CCN(C)CC4)ccc3[C@H]2C(C)C)CC1. The Morgan fingerprint density at radius 1 is 1.06 bits per heavy atom. The zero-order chi connectivity index (χ0) is 22.0. The average Bonchev–Trinajstić information content (AvgIpc) is 3.12. The van der Waals surface area contributed by atoms with E-state index in [4.69, 9.17) is 0 Å². The Morgan fingerprint density at radius 2 is 1.77 bits per heavy atom. The third kappa shape index (κ3) is 5.51. The van der Waals surface area contributed by atoms with Gasteiger partial charge in [0.25, 0.3) is 5.91 Å². The van der Waals surface area contributed by atoms with Gasteiger partial charge in [-0.05, 0) is 92.8 Å². The summed E-state index contributed by atoms with van der Waals surface area (Å²) < 4.78 is 0. The molecule has 2 heterocycles. The zero-order valence-corrected chi connectivity index (χ0v) is 20.2. The number of nitrogens with one attached hydrogen (secondary N) is 1. The van der Waals surface area contributed by atoms with Crippen LogP contribution in [0.3, 0.4) is 0 Å². The molecule has 1 aromatic carbocycles. The second-order valence-corrected chi connectivity index (χ2v) is 11.1. The minimum absolute atomic E-state index is 0.0996. The lowest BCUT2D eigenvalue weighted by Crippen LogP contribution is -2.36. The highest BCUT2D eigenvalue weighted by molar-refractivity contribution is 5.94. The van der Waals surface area contributed by atoms with E-state index in [0.29, 0.717) is 17.9 Å². The monoisotopic (exact) mass is 425 g/mol. The Bertz CT molecular complexity index is 745. The smallest absolute Gasteiger partial charge is 0.251 e. The number of piperidine rings is 1. The fraction of sp³-hybridized carbons (Fsp3) is 0.741. The van der Waals surface area contributed by atoms with E-state index in [0.717, 1.165) is 43.6 Å². The lowest BCUT2D eigenvalue weighted by Gasteiger charge is -2.34. The van der Waals surface area contributed by atoms with Crippen molar-refractivity contribution in [3.8, 4) is 0 Å². The fourth-order valence-corrected chi connectivity index (χ4v) is 6.09. The molecule has 4 nitrogen and oxygen atoms in total. The quantitative estimate of drug-likeness (QED) is 0.689. The number of benzene rings is 1. The summed E-state index contributed by atoms with van der Waals surface area (Å²) in [6.45, 7) is 12.4. The third-order valence-electron chi connectivity index (χ3n) is 8.14. The highest BCUT2D eigenvalue weighted by atomic mass is 16.1. The molecule has 3 aliphatic rings. The molecule has 1 amide bonds. The van der Waals surface area contributed by atoms with Crippen LogP contribution in [0.15, 0.2) is 18.2 Å². The van der Waals surface area contributed by atoms with E-state index < -0.39 is 0 Å². The lowest BCUT2D eigenvalue weighted by atomic mass is 9.82. The van der Waals surface area contributed by atoms with Gasteiger partial charge in [-0.2, -0.15) is 0 Å². The van der Waals surface area contributed by atoms with Gasteiger partial charge in [0.2, 0.25) is 0 Å². The third-order valence-corrected chi connectivity index (χ3v) is 8.14. The molecule has 1 N–H and O–H groups in total. The normalized spacial score (nSPS) is 28.1. The molecule has 1 aromatic rings. The molecule has 1 saturated heterocycles. The average molecular weight is 426 g/mol. The van der Waals surface area contributed by atoms with E-state index in [1.54, 1.807) is 0 Å². The van der Waals surface area contributed by atoms with Gasteiger partial charge in [-0.3, -0.25) is 9.69 Å². The van der Waals surface area contributed by atoms with Crippen LogP contribution in [0.4, 0.5) is 0 Å². The largest absolute Gasteiger partial charge is 0.352 e. The van der Waals surface area contributed by atoms with E-state index in [1.165, 1.54) is 56.2 Å². The predicted octanol–water partition coefficient (Wildman–Crippen LogP) is 5.10. The van der Waals surface area contributed by atoms with Crippen LogP contribution in [-0.4, -0.2) is 48.9 Å². The number of hydrogen-bond donors (Lipinski definition) is 1. The second kappa shape index (κ2) is 10.0. The van der Waals surface area contributed by atoms with Crippen LogP contribution in [0.1, 0.15) is 86.8 Å². The molecular weight excluding hydrogens is 382 g/mol. The summed E-state index contributed by atoms with van der Waals surface area (Å²) in [5, 5.41) is 3.22. The fourth-order valence-electron chi connectivity index (χ4n) is 6.09. The molecule has 0 bridgehead atoms. The summed E-state index contributed by atoms with van der Waals surface area (Å²) in [6.07, 6.45) is 7.91. The van der Waals surface area contributed by atoms with Crippen LogP contribution in [0.25, 0.3) is 0 Å². The van der Waals surface area contributed by atoms with Crippen molar-refractivity contribution in [3.05, 3.63) is 34.9 Å². The number of nitrogens with zero attached hydrogens (tertiary/aromatic N) is 2. The van der Waals surface area contributed by atoms with Crippen molar-refractivity contribution in [1.82, 2.24) is 15.1 Å². The second-order valence-electron chi connectivity index (χ2n) is 11.1. The number of likely N-dealkylation sites (tertiary alicyclic amines) is 1. The number of fused-ring (bicyclic) bond motifs is 1. The topological polar surface area (TPSA) is 35.6 Å². The molecule has 0 unspecified atom stereocenters. The number of rotatable bonds is 6. The Morgan fingerprint density at radius 3 is 2.45 bits per heavy atom. The summed E-state index contributed by atoms with van der Waals surface area (Å²) in [7, 11) is 2.18. The van der Waals surface area contributed by atoms with Crippen LogP contribution in [0.2, 0.25) is 0 Å². The maximum Gasteiger partial charge on any atom is 0.251 e. The summed E-state index contributed by atoms with van der Waals surface area (Å²) in [4.78, 5) is 17.9.